The Morgan fingerprint density at radius 3 is 2.46 bits per heavy atom. The standard InChI is InChI=1S/C17H28N2O4Si/c1-12(21)22-15-8-7-13(9-14(15)19-11-20)16(10-18)23-24(5,6)17(2,3)4/h7-9,11,16H,10,18H2,1-6H3,(H,19,20)/t16-/m0/s1. The number of esters is 1. The molecule has 0 radical (unpaired) electrons. The van der Waals surface area contributed by atoms with E-state index in [0.717, 1.165) is 5.56 Å². The Morgan fingerprint density at radius 1 is 1.38 bits per heavy atom. The van der Waals surface area contributed by atoms with Gasteiger partial charge in [0.15, 0.2) is 14.1 Å². The Kier molecular flexibility index (Phi) is 6.71. The highest BCUT2D eigenvalue weighted by molar-refractivity contribution is 6.74. The molecular weight excluding hydrogens is 324 g/mol. The first-order valence-electron chi connectivity index (χ1n) is 7.92. The molecule has 1 rings (SSSR count). The van der Waals surface area contributed by atoms with Gasteiger partial charge in [0.2, 0.25) is 6.41 Å². The minimum absolute atomic E-state index is 0.0575. The lowest BCUT2D eigenvalue weighted by atomic mass is 10.1. The number of nitrogens with one attached hydrogen (secondary N) is 1. The molecule has 1 aromatic rings. The first kappa shape index (κ1) is 20.3. The highest BCUT2D eigenvalue weighted by atomic mass is 28.4. The van der Waals surface area contributed by atoms with Crippen molar-refractivity contribution in [3.8, 4) is 5.75 Å². The fraction of sp³-hybridized carbons (Fsp3) is 0.529. The zero-order valence-corrected chi connectivity index (χ0v) is 16.3. The van der Waals surface area contributed by atoms with Crippen LogP contribution >= 0.6 is 0 Å². The van der Waals surface area contributed by atoms with Crippen LogP contribution in [0.25, 0.3) is 0 Å². The average molecular weight is 353 g/mol. The zero-order valence-electron chi connectivity index (χ0n) is 15.3. The summed E-state index contributed by atoms with van der Waals surface area (Å²) in [6.07, 6.45) is 0.252. The van der Waals surface area contributed by atoms with Crippen LogP contribution in [-0.4, -0.2) is 27.2 Å². The van der Waals surface area contributed by atoms with Crippen LogP contribution in [0.4, 0.5) is 5.69 Å². The van der Waals surface area contributed by atoms with Crippen LogP contribution in [0.3, 0.4) is 0 Å². The fourth-order valence-electron chi connectivity index (χ4n) is 1.95. The summed E-state index contributed by atoms with van der Waals surface area (Å²) in [6.45, 7) is 12.4. The van der Waals surface area contributed by atoms with Crippen molar-refractivity contribution in [3.63, 3.8) is 0 Å². The molecule has 0 aliphatic heterocycles. The van der Waals surface area contributed by atoms with E-state index in [-0.39, 0.29) is 11.1 Å². The van der Waals surface area contributed by atoms with Crippen LogP contribution in [0.5, 0.6) is 5.75 Å². The third kappa shape index (κ3) is 5.15. The second-order valence-corrected chi connectivity index (χ2v) is 12.0. The molecule has 1 atom stereocenters. The van der Waals surface area contributed by atoms with E-state index in [0.29, 0.717) is 24.4 Å². The first-order chi connectivity index (χ1) is 11.0. The number of hydrogen-bond donors (Lipinski definition) is 2. The van der Waals surface area contributed by atoms with Crippen LogP contribution in [0.1, 0.15) is 39.4 Å². The maximum absolute atomic E-state index is 11.2. The van der Waals surface area contributed by atoms with Crippen LogP contribution in [0.2, 0.25) is 18.1 Å². The monoisotopic (exact) mass is 352 g/mol. The lowest BCUT2D eigenvalue weighted by Gasteiger charge is -2.39. The Bertz CT molecular complexity index is 597. The van der Waals surface area contributed by atoms with Gasteiger partial charge in [0.05, 0.1) is 11.8 Å². The first-order valence-corrected chi connectivity index (χ1v) is 10.8. The van der Waals surface area contributed by atoms with E-state index < -0.39 is 14.3 Å². The molecule has 24 heavy (non-hydrogen) atoms. The molecule has 0 aliphatic rings. The molecule has 0 aliphatic carbocycles. The Morgan fingerprint density at radius 2 is 2.00 bits per heavy atom. The van der Waals surface area contributed by atoms with E-state index in [9.17, 15) is 9.59 Å². The third-order valence-corrected chi connectivity index (χ3v) is 8.79. The maximum Gasteiger partial charge on any atom is 0.308 e. The van der Waals surface area contributed by atoms with E-state index in [1.165, 1.54) is 6.92 Å². The normalized spacial score (nSPS) is 13.3. The number of amides is 1. The molecule has 1 aromatic carbocycles. The topological polar surface area (TPSA) is 90.7 Å². The van der Waals surface area contributed by atoms with Crippen molar-refractivity contribution in [3.05, 3.63) is 23.8 Å². The van der Waals surface area contributed by atoms with Crippen LogP contribution in [0, 0.1) is 0 Å². The van der Waals surface area contributed by atoms with E-state index in [1.54, 1.807) is 18.2 Å². The quantitative estimate of drug-likeness (QED) is 0.340. The summed E-state index contributed by atoms with van der Waals surface area (Å²) in [5.74, 6) is -0.161. The lowest BCUT2D eigenvalue weighted by molar-refractivity contribution is -0.131. The molecule has 0 saturated heterocycles. The van der Waals surface area contributed by atoms with Crippen molar-refractivity contribution in [2.75, 3.05) is 11.9 Å². The van der Waals surface area contributed by atoms with Gasteiger partial charge in [-0.15, -0.1) is 0 Å². The van der Waals surface area contributed by atoms with Crippen molar-refractivity contribution in [2.45, 2.75) is 51.9 Å². The molecule has 0 spiro atoms. The Balaban J connectivity index is 3.15. The van der Waals surface area contributed by atoms with Crippen molar-refractivity contribution in [1.29, 1.82) is 0 Å². The number of nitrogens with two attached hydrogens (primary N) is 1. The van der Waals surface area contributed by atoms with Crippen LogP contribution < -0.4 is 15.8 Å². The number of rotatable bonds is 7. The molecule has 0 aromatic heterocycles. The van der Waals surface area contributed by atoms with Crippen LogP contribution in [0.15, 0.2) is 18.2 Å². The minimum Gasteiger partial charge on any atom is -0.424 e. The number of anilines is 1. The third-order valence-electron chi connectivity index (χ3n) is 4.30. The minimum atomic E-state index is -2.00. The largest absolute Gasteiger partial charge is 0.424 e. The van der Waals surface area contributed by atoms with Gasteiger partial charge in [-0.25, -0.2) is 0 Å². The van der Waals surface area contributed by atoms with Crippen molar-refractivity contribution in [2.24, 2.45) is 5.73 Å². The highest BCUT2D eigenvalue weighted by Crippen LogP contribution is 2.40. The molecule has 7 heteroatoms. The molecule has 3 N–H and O–H groups in total. The summed E-state index contributed by atoms with van der Waals surface area (Å²) in [7, 11) is -2.00. The average Bonchev–Trinajstić information content (AvgIpc) is 2.45. The highest BCUT2D eigenvalue weighted by Gasteiger charge is 2.39. The summed E-state index contributed by atoms with van der Waals surface area (Å²) < 4.78 is 11.5. The van der Waals surface area contributed by atoms with Gasteiger partial charge in [-0.1, -0.05) is 26.8 Å². The molecule has 1 amide bonds. The smallest absolute Gasteiger partial charge is 0.308 e. The van der Waals surface area contributed by atoms with E-state index in [2.05, 4.69) is 39.2 Å². The summed E-state index contributed by atoms with van der Waals surface area (Å²) >= 11 is 0. The predicted molar refractivity (Wildman–Crippen MR) is 97.5 cm³/mol. The van der Waals surface area contributed by atoms with Gasteiger partial charge in [0.1, 0.15) is 0 Å². The van der Waals surface area contributed by atoms with Gasteiger partial charge in [0, 0.05) is 13.5 Å². The van der Waals surface area contributed by atoms with E-state index in [4.69, 9.17) is 14.9 Å². The Labute approximate surface area is 144 Å². The molecule has 0 unspecified atom stereocenters. The zero-order chi connectivity index (χ0) is 18.5. The fourth-order valence-corrected chi connectivity index (χ4v) is 3.25. The van der Waals surface area contributed by atoms with Crippen LogP contribution in [-0.2, 0) is 14.0 Å². The maximum atomic E-state index is 11.2. The van der Waals surface area contributed by atoms with Crippen molar-refractivity contribution in [1.82, 2.24) is 0 Å². The molecule has 6 nitrogen and oxygen atoms in total. The van der Waals surface area contributed by atoms with E-state index >= 15 is 0 Å². The molecule has 0 bridgehead atoms. The molecule has 0 fully saturated rings. The second kappa shape index (κ2) is 7.91. The number of hydrogen-bond acceptors (Lipinski definition) is 5. The van der Waals surface area contributed by atoms with Gasteiger partial charge < -0.3 is 20.2 Å². The number of carbonyl (C=O) groups is 2. The molecular formula is C17H28N2O4Si. The molecule has 0 saturated carbocycles. The predicted octanol–water partition coefficient (Wildman–Crippen LogP) is 3.20. The van der Waals surface area contributed by atoms with Gasteiger partial charge in [-0.05, 0) is 35.8 Å². The summed E-state index contributed by atoms with van der Waals surface area (Å²) in [4.78, 5) is 22.0. The van der Waals surface area contributed by atoms with Gasteiger partial charge in [-0.2, -0.15) is 0 Å². The Hall–Kier alpha value is -1.70. The molecule has 0 heterocycles. The number of ether oxygens (including phenoxy) is 1. The van der Waals surface area contributed by atoms with Crippen molar-refractivity contribution >= 4 is 26.4 Å². The number of benzene rings is 1. The van der Waals surface area contributed by atoms with Gasteiger partial charge in [-0.3, -0.25) is 9.59 Å². The van der Waals surface area contributed by atoms with Gasteiger partial charge in [0.25, 0.3) is 0 Å². The van der Waals surface area contributed by atoms with Crippen molar-refractivity contribution < 1.29 is 18.8 Å². The number of carbonyl (C=O) groups excluding carboxylic acids is 2. The lowest BCUT2D eigenvalue weighted by Crippen LogP contribution is -2.43. The van der Waals surface area contributed by atoms with Gasteiger partial charge >= 0.3 is 5.97 Å². The second-order valence-electron chi connectivity index (χ2n) is 7.21. The SMILES string of the molecule is CC(=O)Oc1ccc([C@H](CN)O[Si](C)(C)C(C)(C)C)cc1NC=O. The summed E-state index contributed by atoms with van der Waals surface area (Å²) in [6, 6.07) is 5.18. The summed E-state index contributed by atoms with van der Waals surface area (Å²) in [5, 5.41) is 2.61. The summed E-state index contributed by atoms with van der Waals surface area (Å²) in [5.41, 5.74) is 7.17. The molecule has 134 valence electrons. The van der Waals surface area contributed by atoms with E-state index in [1.807, 2.05) is 0 Å².